The molecular formula is C12H12N4O3. The molecule has 1 aliphatic rings. The monoisotopic (exact) mass is 260 g/mol. The van der Waals surface area contributed by atoms with Crippen molar-refractivity contribution in [2.24, 2.45) is 0 Å². The lowest BCUT2D eigenvalue weighted by molar-refractivity contribution is 0.0682. The molecule has 0 unspecified atom stereocenters. The number of aromatic nitrogens is 3. The van der Waals surface area contributed by atoms with Crippen LogP contribution in [0.1, 0.15) is 10.6 Å². The zero-order chi connectivity index (χ0) is 13.2. The summed E-state index contributed by atoms with van der Waals surface area (Å²) < 4.78 is 5.30. The molecule has 0 aliphatic carbocycles. The minimum absolute atomic E-state index is 0.286. The smallest absolute Gasteiger partial charge is 0.375 e. The molecule has 0 spiro atoms. The number of anilines is 1. The summed E-state index contributed by atoms with van der Waals surface area (Å²) in [5, 5.41) is 16.3. The van der Waals surface area contributed by atoms with Crippen molar-refractivity contribution in [2.75, 3.05) is 31.2 Å². The molecule has 0 amide bonds. The van der Waals surface area contributed by atoms with Crippen molar-refractivity contribution in [3.05, 3.63) is 24.0 Å². The van der Waals surface area contributed by atoms with Gasteiger partial charge in [0.05, 0.1) is 18.7 Å². The summed E-state index contributed by atoms with van der Waals surface area (Å²) in [5.41, 5.74) is 2.12. The van der Waals surface area contributed by atoms with Gasteiger partial charge in [-0.05, 0) is 18.2 Å². The number of carboxylic acid groups (broad SMARTS) is 1. The van der Waals surface area contributed by atoms with Gasteiger partial charge >= 0.3 is 5.97 Å². The van der Waals surface area contributed by atoms with Gasteiger partial charge in [0.15, 0.2) is 0 Å². The summed E-state index contributed by atoms with van der Waals surface area (Å²) in [6.45, 7) is 3.02. The second kappa shape index (κ2) is 4.77. The minimum atomic E-state index is -1.17. The summed E-state index contributed by atoms with van der Waals surface area (Å²) in [7, 11) is 0. The highest BCUT2D eigenvalue weighted by molar-refractivity contribution is 5.86. The summed E-state index contributed by atoms with van der Waals surface area (Å²) in [6.07, 6.45) is 0. The average Bonchev–Trinajstić information content (AvgIpc) is 2.47. The number of carboxylic acids is 1. The third-order valence-electron chi connectivity index (χ3n) is 3.01. The molecule has 7 heteroatoms. The average molecular weight is 260 g/mol. The van der Waals surface area contributed by atoms with Crippen LogP contribution >= 0.6 is 0 Å². The molecule has 19 heavy (non-hydrogen) atoms. The molecule has 1 aromatic carbocycles. The molecule has 0 saturated carbocycles. The van der Waals surface area contributed by atoms with Gasteiger partial charge in [0.25, 0.3) is 5.82 Å². The van der Waals surface area contributed by atoms with Crippen LogP contribution in [0.15, 0.2) is 18.2 Å². The van der Waals surface area contributed by atoms with Crippen molar-refractivity contribution >= 4 is 22.7 Å². The van der Waals surface area contributed by atoms with Crippen LogP contribution in [0.4, 0.5) is 5.69 Å². The normalized spacial score (nSPS) is 15.7. The molecule has 1 aliphatic heterocycles. The highest BCUT2D eigenvalue weighted by atomic mass is 16.5. The topological polar surface area (TPSA) is 88.4 Å². The van der Waals surface area contributed by atoms with Gasteiger partial charge in [-0.15, -0.1) is 10.2 Å². The number of aromatic carboxylic acids is 1. The van der Waals surface area contributed by atoms with E-state index in [2.05, 4.69) is 20.1 Å². The van der Waals surface area contributed by atoms with Gasteiger partial charge in [-0.25, -0.2) is 9.78 Å². The first kappa shape index (κ1) is 11.8. The fourth-order valence-corrected chi connectivity index (χ4v) is 2.03. The standard InChI is InChI=1S/C12H12N4O3/c17-12(18)11-13-10-7-8(1-2-9(10)14-15-11)16-3-5-19-6-4-16/h1-2,7H,3-6H2,(H,17,18). The van der Waals surface area contributed by atoms with E-state index in [1.165, 1.54) is 0 Å². The van der Waals surface area contributed by atoms with Crippen molar-refractivity contribution in [1.82, 2.24) is 15.2 Å². The van der Waals surface area contributed by atoms with Crippen molar-refractivity contribution in [3.8, 4) is 0 Å². The van der Waals surface area contributed by atoms with Crippen LogP contribution in [-0.4, -0.2) is 52.6 Å². The van der Waals surface area contributed by atoms with Crippen LogP contribution in [0.3, 0.4) is 0 Å². The maximum Gasteiger partial charge on any atom is 0.375 e. The Balaban J connectivity index is 2.00. The van der Waals surface area contributed by atoms with E-state index >= 15 is 0 Å². The highest BCUT2D eigenvalue weighted by Gasteiger charge is 2.13. The van der Waals surface area contributed by atoms with Crippen molar-refractivity contribution in [2.45, 2.75) is 0 Å². The molecule has 2 heterocycles. The van der Waals surface area contributed by atoms with Crippen LogP contribution in [0.25, 0.3) is 11.0 Å². The van der Waals surface area contributed by atoms with E-state index in [-0.39, 0.29) is 5.82 Å². The molecule has 1 saturated heterocycles. The predicted molar refractivity (Wildman–Crippen MR) is 67.3 cm³/mol. The number of hydrogen-bond acceptors (Lipinski definition) is 6. The third kappa shape index (κ3) is 2.32. The Bertz CT molecular complexity index is 625. The van der Waals surface area contributed by atoms with E-state index in [9.17, 15) is 4.79 Å². The molecule has 2 aromatic rings. The largest absolute Gasteiger partial charge is 0.475 e. The second-order valence-electron chi connectivity index (χ2n) is 4.21. The Morgan fingerprint density at radius 3 is 2.74 bits per heavy atom. The summed E-state index contributed by atoms with van der Waals surface area (Å²) in [5.74, 6) is -1.46. The Morgan fingerprint density at radius 2 is 2.00 bits per heavy atom. The van der Waals surface area contributed by atoms with Crippen LogP contribution in [0, 0.1) is 0 Å². The summed E-state index contributed by atoms with van der Waals surface area (Å²) >= 11 is 0. The molecule has 1 aromatic heterocycles. The van der Waals surface area contributed by atoms with Crippen LogP contribution in [-0.2, 0) is 4.74 Å². The summed E-state index contributed by atoms with van der Waals surface area (Å²) in [6, 6.07) is 5.57. The molecular weight excluding hydrogens is 248 g/mol. The van der Waals surface area contributed by atoms with E-state index in [1.54, 1.807) is 6.07 Å². The van der Waals surface area contributed by atoms with E-state index in [0.717, 1.165) is 18.8 Å². The molecule has 1 N–H and O–H groups in total. The Hall–Kier alpha value is -2.28. The lowest BCUT2D eigenvalue weighted by Gasteiger charge is -2.28. The van der Waals surface area contributed by atoms with Gasteiger partial charge in [0.2, 0.25) is 0 Å². The van der Waals surface area contributed by atoms with Gasteiger partial charge < -0.3 is 14.7 Å². The molecule has 0 radical (unpaired) electrons. The Labute approximate surface area is 108 Å². The molecule has 7 nitrogen and oxygen atoms in total. The number of carbonyl (C=O) groups is 1. The van der Waals surface area contributed by atoms with Crippen molar-refractivity contribution < 1.29 is 14.6 Å². The molecule has 1 fully saturated rings. The highest BCUT2D eigenvalue weighted by Crippen LogP contribution is 2.20. The van der Waals surface area contributed by atoms with Crippen molar-refractivity contribution in [3.63, 3.8) is 0 Å². The maximum absolute atomic E-state index is 10.8. The fourth-order valence-electron chi connectivity index (χ4n) is 2.03. The van der Waals surface area contributed by atoms with Crippen LogP contribution in [0.5, 0.6) is 0 Å². The number of rotatable bonds is 2. The van der Waals surface area contributed by atoms with E-state index in [4.69, 9.17) is 9.84 Å². The van der Waals surface area contributed by atoms with E-state index in [1.807, 2.05) is 12.1 Å². The van der Waals surface area contributed by atoms with Crippen LogP contribution in [0.2, 0.25) is 0 Å². The molecule has 98 valence electrons. The number of nitrogens with zero attached hydrogens (tertiary/aromatic N) is 4. The SMILES string of the molecule is O=C(O)c1nnc2ccc(N3CCOCC3)cc2n1. The summed E-state index contributed by atoms with van der Waals surface area (Å²) in [4.78, 5) is 17.0. The lowest BCUT2D eigenvalue weighted by Crippen LogP contribution is -2.36. The number of morpholine rings is 1. The van der Waals surface area contributed by atoms with Gasteiger partial charge in [-0.1, -0.05) is 0 Å². The third-order valence-corrected chi connectivity index (χ3v) is 3.01. The maximum atomic E-state index is 10.8. The van der Waals surface area contributed by atoms with Crippen LogP contribution < -0.4 is 4.90 Å². The number of hydrogen-bond donors (Lipinski definition) is 1. The zero-order valence-corrected chi connectivity index (χ0v) is 10.1. The molecule has 0 atom stereocenters. The molecule has 0 bridgehead atoms. The van der Waals surface area contributed by atoms with Gasteiger partial charge in [0.1, 0.15) is 5.52 Å². The van der Waals surface area contributed by atoms with E-state index in [0.29, 0.717) is 24.2 Å². The zero-order valence-electron chi connectivity index (χ0n) is 10.1. The number of fused-ring (bicyclic) bond motifs is 1. The van der Waals surface area contributed by atoms with Crippen molar-refractivity contribution in [1.29, 1.82) is 0 Å². The predicted octanol–water partition coefficient (Wildman–Crippen LogP) is 0.560. The fraction of sp³-hybridized carbons (Fsp3) is 0.333. The number of benzene rings is 1. The first-order chi connectivity index (χ1) is 9.24. The number of ether oxygens (including phenoxy) is 1. The lowest BCUT2D eigenvalue weighted by atomic mass is 10.2. The minimum Gasteiger partial charge on any atom is -0.475 e. The first-order valence-corrected chi connectivity index (χ1v) is 5.94. The Kier molecular flexibility index (Phi) is 2.96. The van der Waals surface area contributed by atoms with Gasteiger partial charge in [-0.3, -0.25) is 0 Å². The van der Waals surface area contributed by atoms with Gasteiger partial charge in [0, 0.05) is 18.8 Å². The van der Waals surface area contributed by atoms with E-state index < -0.39 is 5.97 Å². The van der Waals surface area contributed by atoms with Gasteiger partial charge in [-0.2, -0.15) is 0 Å². The molecule has 3 rings (SSSR count). The second-order valence-corrected chi connectivity index (χ2v) is 4.21. The Morgan fingerprint density at radius 1 is 1.21 bits per heavy atom. The first-order valence-electron chi connectivity index (χ1n) is 5.94. The quantitative estimate of drug-likeness (QED) is 0.843.